The van der Waals surface area contributed by atoms with Crippen LogP contribution in [0.15, 0.2) is 24.3 Å². The van der Waals surface area contributed by atoms with Gasteiger partial charge < -0.3 is 15.2 Å². The minimum Gasteiger partial charge on any atom is -0.478 e. The van der Waals surface area contributed by atoms with E-state index in [1.165, 1.54) is 6.07 Å². The molecule has 20 heavy (non-hydrogen) atoms. The van der Waals surface area contributed by atoms with Gasteiger partial charge in [-0.1, -0.05) is 12.1 Å². The fourth-order valence-corrected chi connectivity index (χ4v) is 2.32. The van der Waals surface area contributed by atoms with Gasteiger partial charge in [0.25, 0.3) is 0 Å². The molecule has 1 aromatic carbocycles. The highest BCUT2D eigenvalue weighted by molar-refractivity contribution is 6.00. The first kappa shape index (κ1) is 14.5. The second kappa shape index (κ2) is 7.05. The van der Waals surface area contributed by atoms with E-state index in [1.807, 2.05) is 0 Å². The zero-order valence-electron chi connectivity index (χ0n) is 11.3. The monoisotopic (exact) mass is 277 g/mol. The summed E-state index contributed by atoms with van der Waals surface area (Å²) in [5.41, 5.74) is 0.448. The lowest BCUT2D eigenvalue weighted by Crippen LogP contribution is -2.22. The maximum atomic E-state index is 11.9. The number of ether oxygens (including phenoxy) is 1. The zero-order valence-corrected chi connectivity index (χ0v) is 11.3. The van der Waals surface area contributed by atoms with Gasteiger partial charge in [-0.05, 0) is 37.8 Å². The molecule has 1 aromatic rings. The van der Waals surface area contributed by atoms with E-state index in [4.69, 9.17) is 9.84 Å². The number of para-hydroxylation sites is 1. The molecule has 108 valence electrons. The summed E-state index contributed by atoms with van der Waals surface area (Å²) in [7, 11) is 0. The predicted molar refractivity (Wildman–Crippen MR) is 74.9 cm³/mol. The van der Waals surface area contributed by atoms with Gasteiger partial charge in [-0.15, -0.1) is 0 Å². The predicted octanol–water partition coefficient (Wildman–Crippen LogP) is 2.67. The normalized spacial score (nSPS) is 18.5. The number of carbonyl (C=O) groups is 2. The molecule has 1 aliphatic heterocycles. The van der Waals surface area contributed by atoms with Crippen molar-refractivity contribution < 1.29 is 19.4 Å². The molecule has 5 heteroatoms. The molecular formula is C15H19NO4. The van der Waals surface area contributed by atoms with E-state index in [1.54, 1.807) is 18.2 Å². The molecular weight excluding hydrogens is 258 g/mol. The van der Waals surface area contributed by atoms with Crippen molar-refractivity contribution in [2.75, 3.05) is 11.9 Å². The van der Waals surface area contributed by atoms with E-state index in [-0.39, 0.29) is 17.6 Å². The van der Waals surface area contributed by atoms with Crippen LogP contribution in [0.2, 0.25) is 0 Å². The molecule has 1 heterocycles. The maximum absolute atomic E-state index is 11.9. The van der Waals surface area contributed by atoms with Crippen LogP contribution >= 0.6 is 0 Å². The Kier molecular flexibility index (Phi) is 5.12. The maximum Gasteiger partial charge on any atom is 0.337 e. The number of benzene rings is 1. The molecule has 5 nitrogen and oxygen atoms in total. The van der Waals surface area contributed by atoms with Crippen LogP contribution in [0.1, 0.15) is 42.5 Å². The Hall–Kier alpha value is -1.88. The number of carboxylic acids is 1. The summed E-state index contributed by atoms with van der Waals surface area (Å²) in [6.45, 7) is 0.772. The Bertz CT molecular complexity index is 481. The quantitative estimate of drug-likeness (QED) is 0.867. The molecule has 1 aliphatic rings. The molecule has 1 unspecified atom stereocenters. The highest BCUT2D eigenvalue weighted by Crippen LogP contribution is 2.19. The van der Waals surface area contributed by atoms with Crippen LogP contribution in [0, 0.1) is 0 Å². The van der Waals surface area contributed by atoms with Crippen molar-refractivity contribution in [3.05, 3.63) is 29.8 Å². The average molecular weight is 277 g/mol. The Morgan fingerprint density at radius 2 is 2.10 bits per heavy atom. The van der Waals surface area contributed by atoms with Crippen molar-refractivity contribution in [2.45, 2.75) is 38.2 Å². The fraction of sp³-hybridized carbons (Fsp3) is 0.467. The summed E-state index contributed by atoms with van der Waals surface area (Å²) in [5, 5.41) is 11.7. The molecule has 0 aliphatic carbocycles. The third-order valence-corrected chi connectivity index (χ3v) is 3.40. The number of hydrogen-bond donors (Lipinski definition) is 2. The van der Waals surface area contributed by atoms with E-state index < -0.39 is 5.97 Å². The molecule has 0 aromatic heterocycles. The van der Waals surface area contributed by atoms with Crippen molar-refractivity contribution in [1.29, 1.82) is 0 Å². The van der Waals surface area contributed by atoms with Crippen LogP contribution in [0.3, 0.4) is 0 Å². The van der Waals surface area contributed by atoms with Crippen LogP contribution in [0.5, 0.6) is 0 Å². The SMILES string of the molecule is O=C(CCC1CCCCO1)Nc1ccccc1C(=O)O. The van der Waals surface area contributed by atoms with Crippen molar-refractivity contribution >= 4 is 17.6 Å². The fourth-order valence-electron chi connectivity index (χ4n) is 2.32. The van der Waals surface area contributed by atoms with Gasteiger partial charge in [0.1, 0.15) is 0 Å². The van der Waals surface area contributed by atoms with Crippen LogP contribution in [-0.2, 0) is 9.53 Å². The number of carboxylic acid groups (broad SMARTS) is 1. The van der Waals surface area contributed by atoms with E-state index >= 15 is 0 Å². The Labute approximate surface area is 117 Å². The Balaban J connectivity index is 1.86. The standard InChI is InChI=1S/C15H19NO4/c17-14(9-8-11-5-3-4-10-20-11)16-13-7-2-1-6-12(13)15(18)19/h1-2,6-7,11H,3-5,8-10H2,(H,16,17)(H,18,19). The molecule has 0 bridgehead atoms. The first-order chi connectivity index (χ1) is 9.66. The number of aromatic carboxylic acids is 1. The Morgan fingerprint density at radius 1 is 1.30 bits per heavy atom. The summed E-state index contributed by atoms with van der Waals surface area (Å²) in [5.74, 6) is -1.22. The molecule has 2 N–H and O–H groups in total. The van der Waals surface area contributed by atoms with E-state index in [0.717, 1.165) is 25.9 Å². The minimum absolute atomic E-state index is 0.106. The third-order valence-electron chi connectivity index (χ3n) is 3.40. The lowest BCUT2D eigenvalue weighted by atomic mass is 10.0. The molecule has 1 fully saturated rings. The van der Waals surface area contributed by atoms with Gasteiger partial charge in [-0.2, -0.15) is 0 Å². The van der Waals surface area contributed by atoms with Gasteiger partial charge >= 0.3 is 5.97 Å². The second-order valence-corrected chi connectivity index (χ2v) is 4.93. The van der Waals surface area contributed by atoms with E-state index in [0.29, 0.717) is 18.5 Å². The number of hydrogen-bond acceptors (Lipinski definition) is 3. The smallest absolute Gasteiger partial charge is 0.337 e. The summed E-state index contributed by atoms with van der Waals surface area (Å²) < 4.78 is 5.57. The highest BCUT2D eigenvalue weighted by Gasteiger charge is 2.16. The van der Waals surface area contributed by atoms with Crippen molar-refractivity contribution in [2.24, 2.45) is 0 Å². The first-order valence-corrected chi connectivity index (χ1v) is 6.90. The summed E-state index contributed by atoms with van der Waals surface area (Å²) in [6, 6.07) is 6.40. The molecule has 1 saturated heterocycles. The van der Waals surface area contributed by atoms with Gasteiger partial charge in [0.05, 0.1) is 17.4 Å². The Morgan fingerprint density at radius 3 is 2.80 bits per heavy atom. The molecule has 1 atom stereocenters. The van der Waals surface area contributed by atoms with Gasteiger partial charge in [0, 0.05) is 13.0 Å². The highest BCUT2D eigenvalue weighted by atomic mass is 16.5. The first-order valence-electron chi connectivity index (χ1n) is 6.90. The second-order valence-electron chi connectivity index (χ2n) is 4.93. The minimum atomic E-state index is -1.04. The number of nitrogens with one attached hydrogen (secondary N) is 1. The largest absolute Gasteiger partial charge is 0.478 e. The van der Waals surface area contributed by atoms with Gasteiger partial charge in [-0.3, -0.25) is 4.79 Å². The van der Waals surface area contributed by atoms with Crippen molar-refractivity contribution in [3.63, 3.8) is 0 Å². The van der Waals surface area contributed by atoms with Crippen LogP contribution < -0.4 is 5.32 Å². The van der Waals surface area contributed by atoms with Crippen molar-refractivity contribution in [3.8, 4) is 0 Å². The van der Waals surface area contributed by atoms with Gasteiger partial charge in [0.15, 0.2) is 0 Å². The van der Waals surface area contributed by atoms with Crippen LogP contribution in [0.4, 0.5) is 5.69 Å². The average Bonchev–Trinajstić information content (AvgIpc) is 2.46. The van der Waals surface area contributed by atoms with Crippen LogP contribution in [0.25, 0.3) is 0 Å². The van der Waals surface area contributed by atoms with Gasteiger partial charge in [0.2, 0.25) is 5.91 Å². The lowest BCUT2D eigenvalue weighted by molar-refractivity contribution is -0.117. The molecule has 2 rings (SSSR count). The van der Waals surface area contributed by atoms with Crippen molar-refractivity contribution in [1.82, 2.24) is 0 Å². The number of amides is 1. The molecule has 0 spiro atoms. The van der Waals surface area contributed by atoms with E-state index in [2.05, 4.69) is 5.32 Å². The number of rotatable bonds is 5. The van der Waals surface area contributed by atoms with E-state index in [9.17, 15) is 9.59 Å². The third kappa shape index (κ3) is 4.06. The topological polar surface area (TPSA) is 75.6 Å². The number of carbonyl (C=O) groups excluding carboxylic acids is 1. The number of anilines is 1. The zero-order chi connectivity index (χ0) is 14.4. The summed E-state index contributed by atoms with van der Waals surface area (Å²) in [4.78, 5) is 22.9. The molecule has 0 radical (unpaired) electrons. The lowest BCUT2D eigenvalue weighted by Gasteiger charge is -2.22. The summed E-state index contributed by atoms with van der Waals surface area (Å²) in [6.07, 6.45) is 4.42. The molecule has 1 amide bonds. The molecule has 0 saturated carbocycles. The van der Waals surface area contributed by atoms with Crippen LogP contribution in [-0.4, -0.2) is 29.7 Å². The summed E-state index contributed by atoms with van der Waals surface area (Å²) >= 11 is 0. The van der Waals surface area contributed by atoms with Gasteiger partial charge in [-0.25, -0.2) is 4.79 Å².